The highest BCUT2D eigenvalue weighted by atomic mass is 16.5. The second-order valence-corrected chi connectivity index (χ2v) is 5.76. The van der Waals surface area contributed by atoms with E-state index in [-0.39, 0.29) is 11.5 Å². The number of hydrogen-bond donors (Lipinski definition) is 2. The molecule has 9 heteroatoms. The Balaban J connectivity index is 1.82. The van der Waals surface area contributed by atoms with E-state index in [4.69, 9.17) is 9.47 Å². The highest BCUT2D eigenvalue weighted by Gasteiger charge is 2.11. The van der Waals surface area contributed by atoms with Crippen LogP contribution >= 0.6 is 0 Å². The van der Waals surface area contributed by atoms with Crippen LogP contribution < -0.4 is 25.3 Å². The zero-order valence-corrected chi connectivity index (χ0v) is 15.7. The van der Waals surface area contributed by atoms with E-state index in [1.165, 1.54) is 25.5 Å². The normalized spacial score (nSPS) is 10.4. The number of methoxy groups -OCH3 is 1. The van der Waals surface area contributed by atoms with E-state index >= 15 is 0 Å². The number of ether oxygens (including phenoxy) is 2. The molecule has 2 amide bonds. The average molecular weight is 398 g/mol. The Morgan fingerprint density at radius 2 is 1.83 bits per heavy atom. The number of carbonyl (C=O) groups excluding carboxylic acids is 3. The van der Waals surface area contributed by atoms with Gasteiger partial charge in [0, 0.05) is 6.54 Å². The van der Waals surface area contributed by atoms with Crippen LogP contribution in [0.15, 0.2) is 53.6 Å². The molecule has 0 radical (unpaired) electrons. The summed E-state index contributed by atoms with van der Waals surface area (Å²) in [6.45, 7) is -0.288. The third kappa shape index (κ3) is 7.33. The molecule has 0 aliphatic heterocycles. The molecule has 152 valence electrons. The Morgan fingerprint density at radius 3 is 2.52 bits per heavy atom. The number of nitrogens with one attached hydrogen (secondary N) is 2. The fraction of sp³-hybridized carbons (Fsp3) is 0.200. The van der Waals surface area contributed by atoms with Crippen LogP contribution in [0.25, 0.3) is 0 Å². The van der Waals surface area contributed by atoms with Gasteiger partial charge in [-0.25, -0.2) is 5.43 Å². The molecule has 0 unspecified atom stereocenters. The zero-order valence-electron chi connectivity index (χ0n) is 15.7. The third-order valence-corrected chi connectivity index (χ3v) is 3.66. The van der Waals surface area contributed by atoms with Gasteiger partial charge in [-0.3, -0.25) is 9.59 Å². The van der Waals surface area contributed by atoms with Crippen LogP contribution in [0.2, 0.25) is 0 Å². The molecule has 2 aromatic rings. The lowest BCUT2D eigenvalue weighted by Gasteiger charge is -2.11. The van der Waals surface area contributed by atoms with Gasteiger partial charge in [-0.2, -0.15) is 5.10 Å². The molecule has 0 saturated heterocycles. The second kappa shape index (κ2) is 11.1. The quantitative estimate of drug-likeness (QED) is 0.337. The van der Waals surface area contributed by atoms with Gasteiger partial charge >= 0.3 is 11.8 Å². The fourth-order valence-electron chi connectivity index (χ4n) is 2.28. The van der Waals surface area contributed by atoms with E-state index in [1.807, 2.05) is 30.3 Å². The van der Waals surface area contributed by atoms with E-state index in [0.717, 1.165) is 5.56 Å². The van der Waals surface area contributed by atoms with Gasteiger partial charge in [0.2, 0.25) is 0 Å². The lowest BCUT2D eigenvalue weighted by molar-refractivity contribution is -0.307. The summed E-state index contributed by atoms with van der Waals surface area (Å²) < 4.78 is 10.1. The Morgan fingerprint density at radius 1 is 1.07 bits per heavy atom. The number of carboxylic acids is 1. The maximum absolute atomic E-state index is 11.8. The Bertz CT molecular complexity index is 883. The molecule has 0 heterocycles. The average Bonchev–Trinajstić information content (AvgIpc) is 2.73. The van der Waals surface area contributed by atoms with Crippen molar-refractivity contribution in [3.63, 3.8) is 0 Å². The van der Waals surface area contributed by atoms with E-state index in [1.54, 1.807) is 6.07 Å². The fourth-order valence-corrected chi connectivity index (χ4v) is 2.28. The number of carbonyl (C=O) groups is 3. The number of rotatable bonds is 9. The molecule has 0 fully saturated rings. The summed E-state index contributed by atoms with van der Waals surface area (Å²) in [5.41, 5.74) is 3.72. The number of carboxylic acid groups (broad SMARTS) is 1. The van der Waals surface area contributed by atoms with Crippen molar-refractivity contribution in [2.75, 3.05) is 20.3 Å². The molecular formula is C20H20N3O6-. The van der Waals surface area contributed by atoms with E-state index < -0.39 is 24.4 Å². The van der Waals surface area contributed by atoms with Crippen molar-refractivity contribution in [2.24, 2.45) is 5.10 Å². The smallest absolute Gasteiger partial charge is 0.329 e. The van der Waals surface area contributed by atoms with Crippen molar-refractivity contribution < 1.29 is 29.0 Å². The van der Waals surface area contributed by atoms with Crippen molar-refractivity contribution in [3.05, 3.63) is 59.7 Å². The van der Waals surface area contributed by atoms with Crippen molar-refractivity contribution in [1.82, 2.24) is 10.7 Å². The number of aliphatic carboxylic acids is 1. The first-order valence-corrected chi connectivity index (χ1v) is 8.65. The van der Waals surface area contributed by atoms with Crippen molar-refractivity contribution in [2.45, 2.75) is 6.42 Å². The first kappa shape index (κ1) is 21.4. The summed E-state index contributed by atoms with van der Waals surface area (Å²) >= 11 is 0. The predicted octanol–water partition coefficient (Wildman–Crippen LogP) is -0.367. The maximum Gasteiger partial charge on any atom is 0.329 e. The number of benzene rings is 2. The lowest BCUT2D eigenvalue weighted by Crippen LogP contribution is -2.38. The highest BCUT2D eigenvalue weighted by Crippen LogP contribution is 2.27. The Labute approximate surface area is 167 Å². The van der Waals surface area contributed by atoms with Crippen molar-refractivity contribution >= 4 is 24.0 Å². The SMILES string of the molecule is COc1cc(/C=N\NC(=O)C(=O)NCCc2ccccc2)ccc1OCC(=O)[O-]. The monoisotopic (exact) mass is 398 g/mol. The van der Waals surface area contributed by atoms with Crippen LogP contribution in [-0.2, 0) is 20.8 Å². The van der Waals surface area contributed by atoms with Gasteiger partial charge in [0.1, 0.15) is 6.61 Å². The first-order chi connectivity index (χ1) is 14.0. The molecule has 29 heavy (non-hydrogen) atoms. The van der Waals surface area contributed by atoms with Gasteiger partial charge in [-0.15, -0.1) is 0 Å². The molecule has 0 atom stereocenters. The molecule has 0 saturated carbocycles. The zero-order chi connectivity index (χ0) is 21.1. The molecule has 0 aliphatic rings. The minimum Gasteiger partial charge on any atom is -0.546 e. The van der Waals surface area contributed by atoms with Crippen LogP contribution in [-0.4, -0.2) is 44.3 Å². The molecule has 0 aromatic heterocycles. The first-order valence-electron chi connectivity index (χ1n) is 8.65. The summed E-state index contributed by atoms with van der Waals surface area (Å²) in [5, 5.41) is 16.7. The van der Waals surface area contributed by atoms with E-state index in [9.17, 15) is 19.5 Å². The van der Waals surface area contributed by atoms with Crippen molar-refractivity contribution in [3.8, 4) is 11.5 Å². The molecule has 0 aliphatic carbocycles. The summed E-state index contributed by atoms with van der Waals surface area (Å²) in [5.74, 6) is -2.55. The highest BCUT2D eigenvalue weighted by molar-refractivity contribution is 6.35. The Hall–Kier alpha value is -3.88. The van der Waals surface area contributed by atoms with Crippen LogP contribution in [0, 0.1) is 0 Å². The van der Waals surface area contributed by atoms with Gasteiger partial charge < -0.3 is 24.7 Å². The molecule has 0 bridgehead atoms. The Kier molecular flexibility index (Phi) is 8.18. The van der Waals surface area contributed by atoms with Crippen LogP contribution in [0.4, 0.5) is 0 Å². The lowest BCUT2D eigenvalue weighted by atomic mass is 10.1. The van der Waals surface area contributed by atoms with Gasteiger partial charge in [0.05, 0.1) is 19.3 Å². The topological polar surface area (TPSA) is 129 Å². The summed E-state index contributed by atoms with van der Waals surface area (Å²) in [6.07, 6.45) is 1.91. The summed E-state index contributed by atoms with van der Waals surface area (Å²) in [7, 11) is 1.39. The molecular weight excluding hydrogens is 378 g/mol. The number of nitrogens with zero attached hydrogens (tertiary/aromatic N) is 1. The third-order valence-electron chi connectivity index (χ3n) is 3.66. The number of amides is 2. The van der Waals surface area contributed by atoms with Crippen molar-refractivity contribution in [1.29, 1.82) is 0 Å². The van der Waals surface area contributed by atoms with Crippen LogP contribution in [0.1, 0.15) is 11.1 Å². The standard InChI is InChI=1S/C20H21N3O6/c1-28-17-11-15(7-8-16(17)29-13-18(24)25)12-22-23-20(27)19(26)21-10-9-14-5-3-2-4-6-14/h2-8,11-12H,9-10,13H2,1H3,(H,21,26)(H,23,27)(H,24,25)/p-1/b22-12-. The molecule has 2 rings (SSSR count). The predicted molar refractivity (Wildman–Crippen MR) is 102 cm³/mol. The summed E-state index contributed by atoms with van der Waals surface area (Å²) in [6, 6.07) is 14.1. The van der Waals surface area contributed by atoms with E-state index in [2.05, 4.69) is 15.8 Å². The van der Waals surface area contributed by atoms with Gasteiger partial charge in [0.25, 0.3) is 0 Å². The number of hydrogen-bond acceptors (Lipinski definition) is 7. The molecule has 9 nitrogen and oxygen atoms in total. The minimum absolute atomic E-state index is 0.218. The summed E-state index contributed by atoms with van der Waals surface area (Å²) in [4.78, 5) is 34.0. The molecule has 2 aromatic carbocycles. The van der Waals surface area contributed by atoms with Gasteiger partial charge in [-0.05, 0) is 35.7 Å². The van der Waals surface area contributed by atoms with E-state index in [0.29, 0.717) is 18.5 Å². The number of hydrazone groups is 1. The largest absolute Gasteiger partial charge is 0.546 e. The maximum atomic E-state index is 11.8. The van der Waals surface area contributed by atoms with Crippen LogP contribution in [0.5, 0.6) is 11.5 Å². The second-order valence-electron chi connectivity index (χ2n) is 5.76. The molecule has 2 N–H and O–H groups in total. The minimum atomic E-state index is -1.36. The van der Waals surface area contributed by atoms with Gasteiger partial charge in [-0.1, -0.05) is 30.3 Å². The molecule has 0 spiro atoms. The van der Waals surface area contributed by atoms with Crippen LogP contribution in [0.3, 0.4) is 0 Å². The van der Waals surface area contributed by atoms with Gasteiger partial charge in [0.15, 0.2) is 11.5 Å².